The SMILES string of the molecule is CC(c1ccccc1)c1cccc2sc(C(=N)N)cc12.Cl. The Morgan fingerprint density at radius 3 is 2.48 bits per heavy atom. The van der Waals surface area contributed by atoms with Gasteiger partial charge in [-0.2, -0.15) is 0 Å². The molecule has 4 heteroatoms. The molecule has 0 aliphatic rings. The van der Waals surface area contributed by atoms with Crippen LogP contribution in [-0.2, 0) is 0 Å². The summed E-state index contributed by atoms with van der Waals surface area (Å²) in [5, 5.41) is 8.81. The van der Waals surface area contributed by atoms with E-state index in [1.165, 1.54) is 21.2 Å². The van der Waals surface area contributed by atoms with Gasteiger partial charge in [-0.05, 0) is 28.6 Å². The molecule has 1 unspecified atom stereocenters. The third kappa shape index (κ3) is 2.94. The van der Waals surface area contributed by atoms with Crippen molar-refractivity contribution in [3.05, 3.63) is 70.6 Å². The summed E-state index contributed by atoms with van der Waals surface area (Å²) in [5.41, 5.74) is 8.20. The number of fused-ring (bicyclic) bond motifs is 1. The number of amidine groups is 1. The van der Waals surface area contributed by atoms with Gasteiger partial charge in [0.2, 0.25) is 0 Å². The van der Waals surface area contributed by atoms with Crippen molar-refractivity contribution in [3.63, 3.8) is 0 Å². The molecule has 2 aromatic carbocycles. The molecule has 3 aromatic rings. The summed E-state index contributed by atoms with van der Waals surface area (Å²) >= 11 is 1.58. The normalized spacial score (nSPS) is 11.9. The van der Waals surface area contributed by atoms with Crippen LogP contribution in [0.15, 0.2) is 54.6 Å². The maximum atomic E-state index is 7.60. The average Bonchev–Trinajstić information content (AvgIpc) is 2.91. The second-order valence-corrected chi connectivity index (χ2v) is 6.00. The van der Waals surface area contributed by atoms with Gasteiger partial charge in [0.1, 0.15) is 5.84 Å². The number of benzene rings is 2. The van der Waals surface area contributed by atoms with Crippen molar-refractivity contribution in [2.75, 3.05) is 0 Å². The maximum Gasteiger partial charge on any atom is 0.133 e. The van der Waals surface area contributed by atoms with Gasteiger partial charge >= 0.3 is 0 Å². The molecule has 0 aliphatic carbocycles. The Morgan fingerprint density at radius 2 is 1.81 bits per heavy atom. The summed E-state index contributed by atoms with van der Waals surface area (Å²) < 4.78 is 1.19. The van der Waals surface area contributed by atoms with Crippen LogP contribution in [0.1, 0.15) is 28.8 Å². The van der Waals surface area contributed by atoms with E-state index in [4.69, 9.17) is 11.1 Å². The number of nitrogens with one attached hydrogen (secondary N) is 1. The Morgan fingerprint density at radius 1 is 1.10 bits per heavy atom. The topological polar surface area (TPSA) is 49.9 Å². The summed E-state index contributed by atoms with van der Waals surface area (Å²) in [5.74, 6) is 0.471. The minimum atomic E-state index is 0. The smallest absolute Gasteiger partial charge is 0.133 e. The Bertz CT molecular complexity index is 765. The fourth-order valence-electron chi connectivity index (χ4n) is 2.52. The highest BCUT2D eigenvalue weighted by molar-refractivity contribution is 7.20. The molecule has 1 heterocycles. The number of halogens is 1. The molecule has 0 fully saturated rings. The van der Waals surface area contributed by atoms with Gasteiger partial charge in [-0.3, -0.25) is 5.41 Å². The molecule has 21 heavy (non-hydrogen) atoms. The third-order valence-corrected chi connectivity index (χ3v) is 4.76. The molecule has 0 radical (unpaired) electrons. The Labute approximate surface area is 134 Å². The number of nitrogen functional groups attached to an aromatic ring is 1. The van der Waals surface area contributed by atoms with Crippen molar-refractivity contribution in [2.45, 2.75) is 12.8 Å². The molecular weight excluding hydrogens is 300 g/mol. The largest absolute Gasteiger partial charge is 0.383 e. The van der Waals surface area contributed by atoms with Crippen LogP contribution in [0, 0.1) is 5.41 Å². The lowest BCUT2D eigenvalue weighted by atomic mass is 9.91. The summed E-state index contributed by atoms with van der Waals surface area (Å²) in [6.07, 6.45) is 0. The van der Waals surface area contributed by atoms with Crippen LogP contribution >= 0.6 is 23.7 Å². The van der Waals surface area contributed by atoms with Gasteiger partial charge in [0.15, 0.2) is 0 Å². The highest BCUT2D eigenvalue weighted by Gasteiger charge is 2.14. The second kappa shape index (κ2) is 6.29. The van der Waals surface area contributed by atoms with Crippen molar-refractivity contribution in [2.24, 2.45) is 5.73 Å². The molecule has 1 aromatic heterocycles. The second-order valence-electron chi connectivity index (χ2n) is 4.92. The van der Waals surface area contributed by atoms with Crippen molar-refractivity contribution < 1.29 is 0 Å². The summed E-state index contributed by atoms with van der Waals surface area (Å²) in [7, 11) is 0. The van der Waals surface area contributed by atoms with Gasteiger partial charge in [0.25, 0.3) is 0 Å². The Kier molecular flexibility index (Phi) is 4.66. The minimum absolute atomic E-state index is 0. The van der Waals surface area contributed by atoms with Crippen LogP contribution in [0.25, 0.3) is 10.1 Å². The lowest BCUT2D eigenvalue weighted by Gasteiger charge is -2.13. The molecule has 3 rings (SSSR count). The van der Waals surface area contributed by atoms with Crippen LogP contribution < -0.4 is 5.73 Å². The van der Waals surface area contributed by atoms with Crippen LogP contribution in [0.3, 0.4) is 0 Å². The fraction of sp³-hybridized carbons (Fsp3) is 0.118. The van der Waals surface area contributed by atoms with Gasteiger partial charge < -0.3 is 5.73 Å². The zero-order chi connectivity index (χ0) is 14.1. The van der Waals surface area contributed by atoms with Crippen LogP contribution in [0.2, 0.25) is 0 Å². The Hall–Kier alpha value is -1.84. The first-order valence-electron chi connectivity index (χ1n) is 6.58. The van der Waals surface area contributed by atoms with Gasteiger partial charge in [0, 0.05) is 10.6 Å². The molecule has 0 bridgehead atoms. The molecule has 1 atom stereocenters. The number of hydrogen-bond acceptors (Lipinski definition) is 2. The lowest BCUT2D eigenvalue weighted by molar-refractivity contribution is 0.933. The maximum absolute atomic E-state index is 7.60. The molecule has 0 amide bonds. The average molecular weight is 317 g/mol. The van der Waals surface area contributed by atoms with Gasteiger partial charge in [-0.25, -0.2) is 0 Å². The van der Waals surface area contributed by atoms with E-state index < -0.39 is 0 Å². The third-order valence-electron chi connectivity index (χ3n) is 3.63. The molecule has 108 valence electrons. The van der Waals surface area contributed by atoms with Crippen molar-refractivity contribution in [1.82, 2.24) is 0 Å². The van der Waals surface area contributed by atoms with Crippen LogP contribution in [0.5, 0.6) is 0 Å². The van der Waals surface area contributed by atoms with Crippen LogP contribution in [-0.4, -0.2) is 5.84 Å². The molecule has 0 spiro atoms. The summed E-state index contributed by atoms with van der Waals surface area (Å²) in [6.45, 7) is 2.22. The van der Waals surface area contributed by atoms with E-state index in [1.54, 1.807) is 11.3 Å². The standard InChI is InChI=1S/C17H16N2S.ClH/c1-11(12-6-3-2-4-7-12)13-8-5-9-15-14(13)10-16(20-15)17(18)19;/h2-11H,1H3,(H3,18,19);1H. The molecule has 0 aliphatic heterocycles. The van der Waals surface area contributed by atoms with E-state index in [-0.39, 0.29) is 18.2 Å². The predicted octanol–water partition coefficient (Wildman–Crippen LogP) is 4.76. The monoisotopic (exact) mass is 316 g/mol. The van der Waals surface area contributed by atoms with Crippen molar-refractivity contribution in [3.8, 4) is 0 Å². The van der Waals surface area contributed by atoms with E-state index in [0.717, 1.165) is 4.88 Å². The number of rotatable bonds is 3. The molecular formula is C17H17ClN2S. The first kappa shape index (κ1) is 15.5. The van der Waals surface area contributed by atoms with E-state index in [9.17, 15) is 0 Å². The lowest BCUT2D eigenvalue weighted by Crippen LogP contribution is -2.08. The first-order chi connectivity index (χ1) is 9.66. The molecule has 3 N–H and O–H groups in total. The Balaban J connectivity index is 0.00000161. The first-order valence-corrected chi connectivity index (χ1v) is 7.40. The number of thiophene rings is 1. The van der Waals surface area contributed by atoms with E-state index in [2.05, 4.69) is 49.4 Å². The van der Waals surface area contributed by atoms with E-state index in [0.29, 0.717) is 5.92 Å². The summed E-state index contributed by atoms with van der Waals surface area (Å²) in [6, 6.07) is 18.9. The van der Waals surface area contributed by atoms with E-state index >= 15 is 0 Å². The molecule has 2 nitrogen and oxygen atoms in total. The number of hydrogen-bond donors (Lipinski definition) is 2. The minimum Gasteiger partial charge on any atom is -0.383 e. The van der Waals surface area contributed by atoms with Gasteiger partial charge in [-0.1, -0.05) is 49.4 Å². The van der Waals surface area contributed by atoms with Gasteiger partial charge in [0.05, 0.1) is 4.88 Å². The quantitative estimate of drug-likeness (QED) is 0.531. The van der Waals surface area contributed by atoms with Crippen LogP contribution in [0.4, 0.5) is 0 Å². The molecule has 0 saturated carbocycles. The highest BCUT2D eigenvalue weighted by atomic mass is 35.5. The zero-order valence-electron chi connectivity index (χ0n) is 11.7. The summed E-state index contributed by atoms with van der Waals surface area (Å²) in [4.78, 5) is 0.840. The molecule has 0 saturated heterocycles. The predicted molar refractivity (Wildman–Crippen MR) is 94.0 cm³/mol. The van der Waals surface area contributed by atoms with Crippen molar-refractivity contribution >= 4 is 39.7 Å². The fourth-order valence-corrected chi connectivity index (χ4v) is 3.47. The van der Waals surface area contributed by atoms with E-state index in [1.807, 2.05) is 12.1 Å². The van der Waals surface area contributed by atoms with Gasteiger partial charge in [-0.15, -0.1) is 23.7 Å². The van der Waals surface area contributed by atoms with Crippen molar-refractivity contribution in [1.29, 1.82) is 5.41 Å². The highest BCUT2D eigenvalue weighted by Crippen LogP contribution is 2.34. The number of nitrogens with two attached hydrogens (primary N) is 1. The zero-order valence-corrected chi connectivity index (χ0v) is 13.3.